The molecule has 0 aromatic heterocycles. The van der Waals surface area contributed by atoms with E-state index in [4.69, 9.17) is 4.74 Å². The number of benzene rings is 2. The molecule has 1 aliphatic carbocycles. The van der Waals surface area contributed by atoms with E-state index in [-0.39, 0.29) is 11.8 Å². The highest BCUT2D eigenvalue weighted by Gasteiger charge is 2.21. The molecule has 2 fully saturated rings. The summed E-state index contributed by atoms with van der Waals surface area (Å²) in [7, 11) is 0. The van der Waals surface area contributed by atoms with Crippen molar-refractivity contribution in [1.82, 2.24) is 5.32 Å². The Balaban J connectivity index is 1.22. The number of carbonyl (C=O) groups is 2. The second-order valence-electron chi connectivity index (χ2n) is 8.26. The van der Waals surface area contributed by atoms with Crippen LogP contribution >= 0.6 is 0 Å². The van der Waals surface area contributed by atoms with Crippen molar-refractivity contribution in [3.63, 3.8) is 0 Å². The van der Waals surface area contributed by atoms with Crippen LogP contribution in [-0.4, -0.2) is 24.5 Å². The van der Waals surface area contributed by atoms with E-state index in [1.807, 2.05) is 47.4 Å². The molecule has 2 aromatic carbocycles. The largest absolute Gasteiger partial charge is 0.490 e. The van der Waals surface area contributed by atoms with Gasteiger partial charge in [-0.05, 0) is 73.9 Å². The Morgan fingerprint density at radius 2 is 1.83 bits per heavy atom. The van der Waals surface area contributed by atoms with Crippen LogP contribution in [0.2, 0.25) is 0 Å². The smallest absolute Gasteiger partial charge is 0.227 e. The Morgan fingerprint density at radius 1 is 1.03 bits per heavy atom. The summed E-state index contributed by atoms with van der Waals surface area (Å²) in [6, 6.07) is 16.0. The fraction of sp³-hybridized carbons (Fsp3) is 0.440. The van der Waals surface area contributed by atoms with Crippen LogP contribution in [0.15, 0.2) is 48.5 Å². The van der Waals surface area contributed by atoms with Crippen LogP contribution in [0.25, 0.3) is 0 Å². The van der Waals surface area contributed by atoms with Gasteiger partial charge in [-0.25, -0.2) is 0 Å². The topological polar surface area (TPSA) is 58.6 Å². The SMILES string of the molecule is O=C(CCc1cccc(OC2CCCC2)c1)NCc1ccc(N2CCCC2=O)cc1. The van der Waals surface area contributed by atoms with Gasteiger partial charge in [0.25, 0.3) is 0 Å². The fourth-order valence-electron chi connectivity index (χ4n) is 4.23. The standard InChI is InChI=1S/C25H30N2O3/c28-24(15-12-19-5-3-8-23(17-19)30-22-6-1-2-7-22)26-18-20-10-13-21(14-11-20)27-16-4-9-25(27)29/h3,5,8,10-11,13-14,17,22H,1-2,4,6-7,9,12,15-16,18H2,(H,26,28). The summed E-state index contributed by atoms with van der Waals surface area (Å²) in [5.41, 5.74) is 3.10. The average molecular weight is 407 g/mol. The molecule has 1 N–H and O–H groups in total. The molecule has 0 bridgehead atoms. The van der Waals surface area contributed by atoms with Crippen molar-refractivity contribution in [3.05, 3.63) is 59.7 Å². The predicted octanol–water partition coefficient (Wildman–Crippen LogP) is 4.38. The first kappa shape index (κ1) is 20.5. The molecule has 2 aromatic rings. The first-order valence-electron chi connectivity index (χ1n) is 11.1. The van der Waals surface area contributed by atoms with E-state index >= 15 is 0 Å². The van der Waals surface area contributed by atoms with Crippen molar-refractivity contribution in [3.8, 4) is 5.75 Å². The third-order valence-corrected chi connectivity index (χ3v) is 5.96. The molecule has 1 saturated heterocycles. The lowest BCUT2D eigenvalue weighted by Crippen LogP contribution is -2.24. The molecule has 1 saturated carbocycles. The Morgan fingerprint density at radius 3 is 2.57 bits per heavy atom. The third-order valence-electron chi connectivity index (χ3n) is 5.96. The highest BCUT2D eigenvalue weighted by atomic mass is 16.5. The van der Waals surface area contributed by atoms with Gasteiger partial charge in [0.2, 0.25) is 11.8 Å². The number of aryl methyl sites for hydroxylation is 1. The van der Waals surface area contributed by atoms with Crippen molar-refractivity contribution in [2.45, 2.75) is 64.0 Å². The molecule has 0 radical (unpaired) electrons. The average Bonchev–Trinajstić information content (AvgIpc) is 3.43. The summed E-state index contributed by atoms with van der Waals surface area (Å²) < 4.78 is 6.06. The molecule has 30 heavy (non-hydrogen) atoms. The number of nitrogens with zero attached hydrogens (tertiary/aromatic N) is 1. The Bertz CT molecular complexity index is 872. The van der Waals surface area contributed by atoms with Gasteiger partial charge >= 0.3 is 0 Å². The number of carbonyl (C=O) groups excluding carboxylic acids is 2. The quantitative estimate of drug-likeness (QED) is 0.708. The molecule has 5 heteroatoms. The van der Waals surface area contributed by atoms with Gasteiger partial charge in [0.15, 0.2) is 0 Å². The third kappa shape index (κ3) is 5.41. The summed E-state index contributed by atoms with van der Waals surface area (Å²) in [5.74, 6) is 1.14. The number of amides is 2. The van der Waals surface area contributed by atoms with Crippen LogP contribution in [0.4, 0.5) is 5.69 Å². The zero-order valence-corrected chi connectivity index (χ0v) is 17.4. The van der Waals surface area contributed by atoms with Crippen LogP contribution < -0.4 is 15.0 Å². The number of hydrogen-bond acceptors (Lipinski definition) is 3. The summed E-state index contributed by atoms with van der Waals surface area (Å²) in [6.45, 7) is 1.29. The Kier molecular flexibility index (Phi) is 6.67. The molecule has 158 valence electrons. The summed E-state index contributed by atoms with van der Waals surface area (Å²) in [4.78, 5) is 25.9. The fourth-order valence-corrected chi connectivity index (χ4v) is 4.23. The molecule has 1 aliphatic heterocycles. The van der Waals surface area contributed by atoms with Crippen molar-refractivity contribution < 1.29 is 14.3 Å². The molecule has 2 amide bonds. The van der Waals surface area contributed by atoms with E-state index in [9.17, 15) is 9.59 Å². The van der Waals surface area contributed by atoms with E-state index in [0.717, 1.165) is 48.4 Å². The number of anilines is 1. The van der Waals surface area contributed by atoms with Gasteiger partial charge in [-0.2, -0.15) is 0 Å². The predicted molar refractivity (Wildman–Crippen MR) is 118 cm³/mol. The van der Waals surface area contributed by atoms with E-state index in [2.05, 4.69) is 11.4 Å². The normalized spacial score (nSPS) is 16.8. The van der Waals surface area contributed by atoms with Crippen LogP contribution in [0.3, 0.4) is 0 Å². The zero-order chi connectivity index (χ0) is 20.8. The molecule has 4 rings (SSSR count). The zero-order valence-electron chi connectivity index (χ0n) is 17.4. The monoisotopic (exact) mass is 406 g/mol. The Hall–Kier alpha value is -2.82. The summed E-state index contributed by atoms with van der Waals surface area (Å²) >= 11 is 0. The minimum atomic E-state index is 0.0379. The Labute approximate surface area is 178 Å². The summed E-state index contributed by atoms with van der Waals surface area (Å²) in [5, 5.41) is 2.99. The molecule has 0 atom stereocenters. The molecule has 0 spiro atoms. The lowest BCUT2D eigenvalue weighted by molar-refractivity contribution is -0.121. The van der Waals surface area contributed by atoms with Crippen molar-refractivity contribution in [2.75, 3.05) is 11.4 Å². The van der Waals surface area contributed by atoms with Crippen molar-refractivity contribution in [1.29, 1.82) is 0 Å². The van der Waals surface area contributed by atoms with Crippen molar-refractivity contribution >= 4 is 17.5 Å². The van der Waals surface area contributed by atoms with Gasteiger partial charge in [0, 0.05) is 31.6 Å². The first-order chi connectivity index (χ1) is 14.7. The molecule has 2 aliphatic rings. The number of ether oxygens (including phenoxy) is 1. The highest BCUT2D eigenvalue weighted by molar-refractivity contribution is 5.95. The maximum Gasteiger partial charge on any atom is 0.227 e. The van der Waals surface area contributed by atoms with Crippen molar-refractivity contribution in [2.24, 2.45) is 0 Å². The van der Waals surface area contributed by atoms with E-state index in [0.29, 0.717) is 31.9 Å². The molecule has 0 unspecified atom stereocenters. The number of nitrogens with one attached hydrogen (secondary N) is 1. The van der Waals surface area contributed by atoms with Gasteiger partial charge in [-0.15, -0.1) is 0 Å². The van der Waals surface area contributed by atoms with Gasteiger partial charge in [-0.3, -0.25) is 9.59 Å². The van der Waals surface area contributed by atoms with E-state index in [1.165, 1.54) is 12.8 Å². The second-order valence-corrected chi connectivity index (χ2v) is 8.26. The first-order valence-corrected chi connectivity index (χ1v) is 11.1. The van der Waals surface area contributed by atoms with Crippen LogP contribution in [0, 0.1) is 0 Å². The second kappa shape index (κ2) is 9.79. The number of rotatable bonds is 8. The minimum absolute atomic E-state index is 0.0379. The molecule has 1 heterocycles. The van der Waals surface area contributed by atoms with Crippen LogP contribution in [0.1, 0.15) is 56.1 Å². The molecule has 5 nitrogen and oxygen atoms in total. The van der Waals surface area contributed by atoms with Gasteiger partial charge in [-0.1, -0.05) is 24.3 Å². The minimum Gasteiger partial charge on any atom is -0.490 e. The van der Waals surface area contributed by atoms with Crippen LogP contribution in [-0.2, 0) is 22.6 Å². The maximum absolute atomic E-state index is 12.3. The molecular weight excluding hydrogens is 376 g/mol. The van der Waals surface area contributed by atoms with Crippen LogP contribution in [0.5, 0.6) is 5.75 Å². The van der Waals surface area contributed by atoms with E-state index in [1.54, 1.807) is 0 Å². The number of hydrogen-bond donors (Lipinski definition) is 1. The maximum atomic E-state index is 12.3. The summed E-state index contributed by atoms with van der Waals surface area (Å²) in [6.07, 6.45) is 7.84. The lowest BCUT2D eigenvalue weighted by Gasteiger charge is -2.16. The van der Waals surface area contributed by atoms with Gasteiger partial charge < -0.3 is 15.0 Å². The highest BCUT2D eigenvalue weighted by Crippen LogP contribution is 2.25. The molecular formula is C25H30N2O3. The van der Waals surface area contributed by atoms with Gasteiger partial charge in [0.05, 0.1) is 6.10 Å². The lowest BCUT2D eigenvalue weighted by atomic mass is 10.1. The van der Waals surface area contributed by atoms with Gasteiger partial charge in [0.1, 0.15) is 5.75 Å². The van der Waals surface area contributed by atoms with E-state index < -0.39 is 0 Å².